The third kappa shape index (κ3) is 1.78. The predicted molar refractivity (Wildman–Crippen MR) is 68.0 cm³/mol. The van der Waals surface area contributed by atoms with Crippen LogP contribution in [-0.2, 0) is 9.53 Å². The summed E-state index contributed by atoms with van der Waals surface area (Å²) < 4.78 is 5.52. The minimum atomic E-state index is -0.155. The van der Waals surface area contributed by atoms with Crippen molar-refractivity contribution < 1.29 is 9.53 Å². The fraction of sp³-hybridized carbons (Fsp3) is 0.933. The molecule has 100 valence electrons. The second-order valence-corrected chi connectivity index (χ2v) is 7.19. The van der Waals surface area contributed by atoms with Gasteiger partial charge in [-0.3, -0.25) is 4.79 Å². The van der Waals surface area contributed by atoms with E-state index in [0.717, 1.165) is 37.2 Å². The lowest BCUT2D eigenvalue weighted by Gasteiger charge is -2.57. The lowest BCUT2D eigenvalue weighted by molar-refractivity contribution is -0.135. The topological polar surface area (TPSA) is 38.3 Å². The minimum Gasteiger partial charge on any atom is -0.368 e. The highest BCUT2D eigenvalue weighted by Gasteiger charge is 2.51. The molecule has 3 nitrogen and oxygen atoms in total. The quantitative estimate of drug-likeness (QED) is 0.815. The van der Waals surface area contributed by atoms with Crippen LogP contribution < -0.4 is 5.32 Å². The maximum atomic E-state index is 12.3. The summed E-state index contributed by atoms with van der Waals surface area (Å²) >= 11 is 0. The first-order valence-electron chi connectivity index (χ1n) is 7.66. The fourth-order valence-electron chi connectivity index (χ4n) is 5.39. The van der Waals surface area contributed by atoms with Crippen molar-refractivity contribution in [3.8, 4) is 0 Å². The molecule has 5 fully saturated rings. The van der Waals surface area contributed by atoms with Crippen LogP contribution in [0, 0.1) is 17.8 Å². The molecule has 0 unspecified atom stereocenters. The number of amides is 1. The maximum absolute atomic E-state index is 12.3. The Hall–Kier alpha value is -0.570. The van der Waals surface area contributed by atoms with E-state index in [-0.39, 0.29) is 17.6 Å². The zero-order valence-corrected chi connectivity index (χ0v) is 11.0. The Morgan fingerprint density at radius 3 is 2.17 bits per heavy atom. The van der Waals surface area contributed by atoms with Crippen molar-refractivity contribution in [3.63, 3.8) is 0 Å². The van der Waals surface area contributed by atoms with E-state index in [1.807, 2.05) is 0 Å². The van der Waals surface area contributed by atoms with Crippen molar-refractivity contribution in [1.29, 1.82) is 0 Å². The van der Waals surface area contributed by atoms with Crippen molar-refractivity contribution in [2.45, 2.75) is 63.0 Å². The zero-order chi connectivity index (χ0) is 12.2. The first kappa shape index (κ1) is 11.3. The van der Waals surface area contributed by atoms with Gasteiger partial charge in [-0.05, 0) is 69.1 Å². The summed E-state index contributed by atoms with van der Waals surface area (Å²) in [6, 6.07) is 0. The summed E-state index contributed by atoms with van der Waals surface area (Å²) in [5, 5.41) is 3.40. The Kier molecular flexibility index (Phi) is 2.48. The third-order valence-electron chi connectivity index (χ3n) is 5.65. The van der Waals surface area contributed by atoms with Crippen molar-refractivity contribution in [2.75, 3.05) is 6.61 Å². The van der Waals surface area contributed by atoms with Gasteiger partial charge in [-0.2, -0.15) is 0 Å². The van der Waals surface area contributed by atoms with Crippen molar-refractivity contribution in [1.82, 2.24) is 5.32 Å². The van der Waals surface area contributed by atoms with E-state index >= 15 is 0 Å². The Morgan fingerprint density at radius 2 is 1.67 bits per heavy atom. The molecule has 0 aromatic rings. The number of hydrogen-bond acceptors (Lipinski definition) is 2. The van der Waals surface area contributed by atoms with Crippen LogP contribution in [-0.4, -0.2) is 24.2 Å². The van der Waals surface area contributed by atoms with Gasteiger partial charge in [0.2, 0.25) is 5.91 Å². The van der Waals surface area contributed by atoms with E-state index in [0.29, 0.717) is 0 Å². The summed E-state index contributed by atoms with van der Waals surface area (Å²) in [5.41, 5.74) is 0.151. The van der Waals surface area contributed by atoms with Crippen LogP contribution in [0.15, 0.2) is 0 Å². The molecule has 0 radical (unpaired) electrons. The van der Waals surface area contributed by atoms with Gasteiger partial charge in [0.25, 0.3) is 0 Å². The molecule has 5 aliphatic rings. The number of nitrogens with one attached hydrogen (secondary N) is 1. The first-order chi connectivity index (χ1) is 8.72. The second-order valence-electron chi connectivity index (χ2n) is 7.19. The highest BCUT2D eigenvalue weighted by molar-refractivity contribution is 5.81. The fourth-order valence-corrected chi connectivity index (χ4v) is 5.39. The molecule has 3 heteroatoms. The lowest BCUT2D eigenvalue weighted by Crippen LogP contribution is -2.61. The van der Waals surface area contributed by atoms with E-state index < -0.39 is 0 Å². The highest BCUT2D eigenvalue weighted by Crippen LogP contribution is 2.55. The van der Waals surface area contributed by atoms with Gasteiger partial charge in [-0.15, -0.1) is 0 Å². The monoisotopic (exact) mass is 249 g/mol. The van der Waals surface area contributed by atoms with Gasteiger partial charge in [0, 0.05) is 12.1 Å². The standard InChI is InChI=1S/C15H23NO2/c17-14(13-2-1-3-18-13)16-15-7-10-4-11(8-15)6-12(5-10)9-15/h10-13H,1-9H2,(H,16,17)/t10?,11?,12?,13-,15?/m0/s1. The van der Waals surface area contributed by atoms with Crippen LogP contribution in [0.4, 0.5) is 0 Å². The van der Waals surface area contributed by atoms with Crippen molar-refractivity contribution in [3.05, 3.63) is 0 Å². The average molecular weight is 249 g/mol. The third-order valence-corrected chi connectivity index (χ3v) is 5.65. The second kappa shape index (κ2) is 3.96. The van der Waals surface area contributed by atoms with Gasteiger partial charge >= 0.3 is 0 Å². The average Bonchev–Trinajstić information content (AvgIpc) is 2.79. The van der Waals surface area contributed by atoms with Gasteiger partial charge in [0.05, 0.1) is 0 Å². The Labute approximate surface area is 109 Å². The molecule has 5 rings (SSSR count). The number of carbonyl (C=O) groups is 1. The molecule has 1 atom stereocenters. The largest absolute Gasteiger partial charge is 0.368 e. The highest BCUT2D eigenvalue weighted by atomic mass is 16.5. The molecule has 0 aromatic carbocycles. The van der Waals surface area contributed by atoms with E-state index in [2.05, 4.69) is 5.32 Å². The molecule has 18 heavy (non-hydrogen) atoms. The normalized spacial score (nSPS) is 49.6. The molecular weight excluding hydrogens is 226 g/mol. The lowest BCUT2D eigenvalue weighted by atomic mass is 9.53. The Morgan fingerprint density at radius 1 is 1.06 bits per heavy atom. The minimum absolute atomic E-state index is 0.151. The van der Waals surface area contributed by atoms with E-state index in [9.17, 15) is 4.79 Å². The molecule has 1 aliphatic heterocycles. The Bertz CT molecular complexity index is 324. The molecule has 4 saturated carbocycles. The van der Waals surface area contributed by atoms with Crippen molar-refractivity contribution >= 4 is 5.91 Å². The summed E-state index contributed by atoms with van der Waals surface area (Å²) in [4.78, 5) is 12.3. The number of rotatable bonds is 2. The van der Waals surface area contributed by atoms with Crippen LogP contribution in [0.25, 0.3) is 0 Å². The molecular formula is C15H23NO2. The molecule has 1 N–H and O–H groups in total. The number of carbonyl (C=O) groups excluding carboxylic acids is 1. The molecule has 1 heterocycles. The molecule has 0 aromatic heterocycles. The van der Waals surface area contributed by atoms with Crippen LogP contribution in [0.1, 0.15) is 51.4 Å². The van der Waals surface area contributed by atoms with Crippen LogP contribution in [0.2, 0.25) is 0 Å². The summed E-state index contributed by atoms with van der Waals surface area (Å²) in [7, 11) is 0. The van der Waals surface area contributed by atoms with Gasteiger partial charge in [0.1, 0.15) is 6.10 Å². The number of hydrogen-bond donors (Lipinski definition) is 1. The van der Waals surface area contributed by atoms with E-state index in [4.69, 9.17) is 4.74 Å². The van der Waals surface area contributed by atoms with E-state index in [1.54, 1.807) is 0 Å². The summed E-state index contributed by atoms with van der Waals surface area (Å²) in [5.74, 6) is 2.84. The molecule has 4 aliphatic carbocycles. The summed E-state index contributed by atoms with van der Waals surface area (Å²) in [6.07, 6.45) is 9.78. The molecule has 1 amide bonds. The van der Waals surface area contributed by atoms with Gasteiger partial charge < -0.3 is 10.1 Å². The predicted octanol–water partition coefficient (Wildman–Crippen LogP) is 2.25. The van der Waals surface area contributed by atoms with Crippen molar-refractivity contribution in [2.24, 2.45) is 17.8 Å². The first-order valence-corrected chi connectivity index (χ1v) is 7.66. The summed E-state index contributed by atoms with van der Waals surface area (Å²) in [6.45, 7) is 0.763. The molecule has 4 bridgehead atoms. The van der Waals surface area contributed by atoms with Crippen LogP contribution >= 0.6 is 0 Å². The molecule has 1 saturated heterocycles. The maximum Gasteiger partial charge on any atom is 0.249 e. The van der Waals surface area contributed by atoms with Gasteiger partial charge in [-0.1, -0.05) is 0 Å². The van der Waals surface area contributed by atoms with Gasteiger partial charge in [-0.25, -0.2) is 0 Å². The Balaban J connectivity index is 1.48. The van der Waals surface area contributed by atoms with Crippen LogP contribution in [0.3, 0.4) is 0 Å². The van der Waals surface area contributed by atoms with Crippen LogP contribution in [0.5, 0.6) is 0 Å². The number of ether oxygens (including phenoxy) is 1. The zero-order valence-electron chi connectivity index (χ0n) is 11.0. The smallest absolute Gasteiger partial charge is 0.249 e. The van der Waals surface area contributed by atoms with Gasteiger partial charge in [0.15, 0.2) is 0 Å². The molecule has 0 spiro atoms. The van der Waals surface area contributed by atoms with E-state index in [1.165, 1.54) is 38.5 Å². The SMILES string of the molecule is O=C(NC12CC3CC(CC(C3)C1)C2)[C@@H]1CCCO1.